The maximum absolute atomic E-state index is 13.5. The number of carbonyl (C=O) groups is 3. The van der Waals surface area contributed by atoms with Crippen molar-refractivity contribution in [1.29, 1.82) is 0 Å². The van der Waals surface area contributed by atoms with E-state index >= 15 is 0 Å². The first-order valence-corrected chi connectivity index (χ1v) is 15.8. The van der Waals surface area contributed by atoms with E-state index in [9.17, 15) is 14.4 Å². The largest absolute Gasteiger partial charge is 0.454 e. The fourth-order valence-electron chi connectivity index (χ4n) is 4.50. The van der Waals surface area contributed by atoms with E-state index in [0.29, 0.717) is 28.4 Å². The lowest BCUT2D eigenvalue weighted by Gasteiger charge is -2.18. The normalized spacial score (nSPS) is 12.7. The summed E-state index contributed by atoms with van der Waals surface area (Å²) in [5.74, 6) is 0.185. The highest BCUT2D eigenvalue weighted by Gasteiger charge is 2.23. The monoisotopic (exact) mass is 633 g/mol. The molecule has 2 heterocycles. The summed E-state index contributed by atoms with van der Waals surface area (Å²) in [5.41, 5.74) is 3.35. The minimum absolute atomic E-state index is 0.116. The third kappa shape index (κ3) is 7.61. The molecule has 0 radical (unpaired) electrons. The fourth-order valence-corrected chi connectivity index (χ4v) is 6.14. The maximum atomic E-state index is 13.5. The van der Waals surface area contributed by atoms with Crippen LogP contribution >= 0.6 is 23.1 Å². The number of nitrogens with one attached hydrogen (secondary N) is 3. The average molecular weight is 634 g/mol. The van der Waals surface area contributed by atoms with Crippen molar-refractivity contribution in [2.75, 3.05) is 17.4 Å². The number of benzene rings is 4. The van der Waals surface area contributed by atoms with E-state index in [1.54, 1.807) is 60.7 Å². The summed E-state index contributed by atoms with van der Waals surface area (Å²) < 4.78 is 10.8. The van der Waals surface area contributed by atoms with Crippen molar-refractivity contribution in [3.63, 3.8) is 0 Å². The van der Waals surface area contributed by atoms with E-state index in [1.165, 1.54) is 23.1 Å². The van der Waals surface area contributed by atoms with Crippen molar-refractivity contribution in [2.45, 2.75) is 10.1 Å². The van der Waals surface area contributed by atoms with Gasteiger partial charge in [0.1, 0.15) is 10.9 Å². The summed E-state index contributed by atoms with van der Waals surface area (Å²) in [6.07, 6.45) is 1.64. The van der Waals surface area contributed by atoms with Gasteiger partial charge in [-0.3, -0.25) is 14.4 Å². The van der Waals surface area contributed by atoms with E-state index in [4.69, 9.17) is 9.47 Å². The number of carbonyl (C=O) groups excluding carboxylic acids is 3. The van der Waals surface area contributed by atoms with Gasteiger partial charge in [0.15, 0.2) is 11.5 Å². The van der Waals surface area contributed by atoms with Gasteiger partial charge in [0, 0.05) is 27.9 Å². The first-order chi connectivity index (χ1) is 22.0. The van der Waals surface area contributed by atoms with Gasteiger partial charge in [0.05, 0.1) is 0 Å². The highest BCUT2D eigenvalue weighted by Crippen LogP contribution is 2.38. The molecule has 1 aliphatic heterocycles. The van der Waals surface area contributed by atoms with Gasteiger partial charge in [-0.05, 0) is 82.6 Å². The van der Waals surface area contributed by atoms with Crippen molar-refractivity contribution in [2.24, 2.45) is 0 Å². The lowest BCUT2D eigenvalue weighted by atomic mass is 10.1. The summed E-state index contributed by atoms with van der Waals surface area (Å²) in [5, 5.41) is 11.8. The van der Waals surface area contributed by atoms with E-state index in [0.717, 1.165) is 16.0 Å². The molecule has 3 amide bonds. The van der Waals surface area contributed by atoms with Crippen molar-refractivity contribution in [3.05, 3.63) is 142 Å². The van der Waals surface area contributed by atoms with Crippen molar-refractivity contribution < 1.29 is 23.9 Å². The zero-order valence-electron chi connectivity index (χ0n) is 23.8. The molecule has 0 spiro atoms. The lowest BCUT2D eigenvalue weighted by Crippen LogP contribution is -2.30. The summed E-state index contributed by atoms with van der Waals surface area (Å²) in [6, 6.07) is 32.6. The summed E-state index contributed by atoms with van der Waals surface area (Å²) >= 11 is 2.88. The Hall–Kier alpha value is -5.32. The van der Waals surface area contributed by atoms with Gasteiger partial charge in [0.2, 0.25) is 12.7 Å². The minimum Gasteiger partial charge on any atom is -0.454 e. The van der Waals surface area contributed by atoms with Crippen LogP contribution in [0.1, 0.15) is 26.7 Å². The van der Waals surface area contributed by atoms with Gasteiger partial charge in [-0.15, -0.1) is 11.8 Å². The molecular formula is C35H27N3O5S2. The van der Waals surface area contributed by atoms with E-state index < -0.39 is 11.2 Å². The van der Waals surface area contributed by atoms with Crippen LogP contribution in [0, 0.1) is 0 Å². The van der Waals surface area contributed by atoms with Crippen LogP contribution in [-0.4, -0.2) is 24.5 Å². The van der Waals surface area contributed by atoms with Crippen molar-refractivity contribution in [1.82, 2.24) is 5.32 Å². The Morgan fingerprint density at radius 3 is 2.22 bits per heavy atom. The van der Waals surface area contributed by atoms with Crippen molar-refractivity contribution in [3.8, 4) is 11.5 Å². The Kier molecular flexibility index (Phi) is 9.24. The van der Waals surface area contributed by atoms with Crippen LogP contribution in [-0.2, 0) is 9.59 Å². The molecule has 1 aliphatic rings. The first-order valence-electron chi connectivity index (χ1n) is 14.0. The molecule has 224 valence electrons. The standard InChI is InChI=1S/C35H27N3O5S2/c39-33(25-9-5-2-6-10-25)38-29(19-23-17-18-44-21-23)34(40)36-26-11-14-28(15-12-26)45-32(24-7-3-1-4-8-24)35(41)37-27-13-16-30-31(20-27)43-22-42-30/h1-21,32H,22H2,(H,36,40)(H,37,41)(H,38,39)/b29-19-. The van der Waals surface area contributed by atoms with Crippen LogP contribution in [0.5, 0.6) is 11.5 Å². The first kappa shape index (κ1) is 29.7. The quantitative estimate of drug-likeness (QED) is 0.110. The lowest BCUT2D eigenvalue weighted by molar-refractivity contribution is -0.116. The number of anilines is 2. The van der Waals surface area contributed by atoms with Gasteiger partial charge < -0.3 is 25.4 Å². The number of hydrogen-bond acceptors (Lipinski definition) is 7. The molecule has 1 unspecified atom stereocenters. The second kappa shape index (κ2) is 14.0. The highest BCUT2D eigenvalue weighted by atomic mass is 32.2. The molecule has 8 nitrogen and oxygen atoms in total. The predicted molar refractivity (Wildman–Crippen MR) is 178 cm³/mol. The van der Waals surface area contributed by atoms with Gasteiger partial charge in [-0.1, -0.05) is 48.5 Å². The van der Waals surface area contributed by atoms with Gasteiger partial charge >= 0.3 is 0 Å². The predicted octanol–water partition coefficient (Wildman–Crippen LogP) is 7.36. The molecule has 1 aromatic heterocycles. The second-order valence-corrected chi connectivity index (χ2v) is 11.8. The SMILES string of the molecule is O=C(Nc1ccc(SC(C(=O)Nc2ccc3c(c2)OCO3)c2ccccc2)cc1)/C(=C/c1ccsc1)NC(=O)c1ccccc1. The molecular weight excluding hydrogens is 607 g/mol. The summed E-state index contributed by atoms with van der Waals surface area (Å²) in [7, 11) is 0. The Balaban J connectivity index is 1.16. The third-order valence-electron chi connectivity index (χ3n) is 6.73. The third-order valence-corrected chi connectivity index (χ3v) is 8.70. The van der Waals surface area contributed by atoms with E-state index in [2.05, 4.69) is 16.0 Å². The molecule has 0 bridgehead atoms. The van der Waals surface area contributed by atoms with Crippen LogP contribution in [0.2, 0.25) is 0 Å². The van der Waals surface area contributed by atoms with Crippen LogP contribution in [0.15, 0.2) is 131 Å². The number of thioether (sulfide) groups is 1. The topological polar surface area (TPSA) is 106 Å². The molecule has 0 fully saturated rings. The number of ether oxygens (including phenoxy) is 2. The minimum atomic E-state index is -0.551. The Bertz CT molecular complexity index is 1830. The summed E-state index contributed by atoms with van der Waals surface area (Å²) in [6.45, 7) is 0.153. The molecule has 5 aromatic rings. The number of thiophene rings is 1. The average Bonchev–Trinajstić information content (AvgIpc) is 3.77. The molecule has 6 rings (SSSR count). The molecule has 45 heavy (non-hydrogen) atoms. The number of rotatable bonds is 10. The van der Waals surface area contributed by atoms with E-state index in [1.807, 2.05) is 65.4 Å². The van der Waals surface area contributed by atoms with Gasteiger partial charge in [0.25, 0.3) is 11.8 Å². The maximum Gasteiger partial charge on any atom is 0.272 e. The Morgan fingerprint density at radius 1 is 0.778 bits per heavy atom. The Morgan fingerprint density at radius 2 is 1.49 bits per heavy atom. The molecule has 3 N–H and O–H groups in total. The molecule has 0 saturated carbocycles. The van der Waals surface area contributed by atoms with Crippen LogP contribution in [0.3, 0.4) is 0 Å². The fraction of sp³-hybridized carbons (Fsp3) is 0.0571. The zero-order chi connectivity index (χ0) is 31.0. The molecule has 0 aliphatic carbocycles. The molecule has 0 saturated heterocycles. The van der Waals surface area contributed by atoms with E-state index in [-0.39, 0.29) is 24.3 Å². The number of fused-ring (bicyclic) bond motifs is 1. The molecule has 1 atom stereocenters. The zero-order valence-corrected chi connectivity index (χ0v) is 25.4. The van der Waals surface area contributed by atoms with Gasteiger partial charge in [-0.2, -0.15) is 11.3 Å². The number of hydrogen-bond donors (Lipinski definition) is 3. The second-order valence-electron chi connectivity index (χ2n) is 9.88. The smallest absolute Gasteiger partial charge is 0.272 e. The van der Waals surface area contributed by atoms with Crippen LogP contribution in [0.25, 0.3) is 6.08 Å². The van der Waals surface area contributed by atoms with Crippen LogP contribution < -0.4 is 25.4 Å². The molecule has 10 heteroatoms. The van der Waals surface area contributed by atoms with Crippen molar-refractivity contribution >= 4 is 58.3 Å². The van der Waals surface area contributed by atoms with Crippen LogP contribution in [0.4, 0.5) is 11.4 Å². The Labute approximate surface area is 268 Å². The molecule has 4 aromatic carbocycles. The number of amides is 3. The highest BCUT2D eigenvalue weighted by molar-refractivity contribution is 8.00. The van der Waals surface area contributed by atoms with Gasteiger partial charge in [-0.25, -0.2) is 0 Å². The summed E-state index contributed by atoms with van der Waals surface area (Å²) in [4.78, 5) is 40.5.